The zero-order valence-electron chi connectivity index (χ0n) is 7.70. The zero-order chi connectivity index (χ0) is 11.4. The molecule has 0 fully saturated rings. The Bertz CT molecular complexity index is 273. The Kier molecular flexibility index (Phi) is 3.95. The van der Waals surface area contributed by atoms with Crippen molar-refractivity contribution in [2.75, 3.05) is 6.54 Å². The molecule has 0 aliphatic heterocycles. The fraction of sp³-hybridized carbons (Fsp3) is 0.625. The molecule has 1 atom stereocenters. The van der Waals surface area contributed by atoms with Crippen LogP contribution in [0.25, 0.3) is 0 Å². The van der Waals surface area contributed by atoms with Gasteiger partial charge in [0.05, 0.1) is 6.54 Å². The van der Waals surface area contributed by atoms with Gasteiger partial charge >= 0.3 is 6.18 Å². The summed E-state index contributed by atoms with van der Waals surface area (Å²) in [4.78, 5) is 10.3. The maximum Gasteiger partial charge on any atom is 0.428 e. The highest BCUT2D eigenvalue weighted by molar-refractivity contribution is 5.73. The van der Waals surface area contributed by atoms with Crippen molar-refractivity contribution in [3.63, 3.8) is 0 Å². The van der Waals surface area contributed by atoms with E-state index in [-0.39, 0.29) is 6.54 Å². The molecule has 2 N–H and O–H groups in total. The second-order valence-electron chi connectivity index (χ2n) is 2.78. The van der Waals surface area contributed by atoms with Crippen molar-refractivity contribution in [2.24, 2.45) is 0 Å². The van der Waals surface area contributed by atoms with Crippen LogP contribution in [0.2, 0.25) is 0 Å². The molecule has 0 bridgehead atoms. The van der Waals surface area contributed by atoms with Crippen molar-refractivity contribution in [3.05, 3.63) is 0 Å². The molecule has 3 nitrogen and oxygen atoms in total. The molecule has 14 heavy (non-hydrogen) atoms. The molecule has 6 heteroatoms. The molecule has 0 saturated heterocycles. The van der Waals surface area contributed by atoms with E-state index in [9.17, 15) is 18.0 Å². The van der Waals surface area contributed by atoms with Crippen molar-refractivity contribution in [2.45, 2.75) is 25.6 Å². The van der Waals surface area contributed by atoms with Crippen molar-refractivity contribution < 1.29 is 23.1 Å². The smallest absolute Gasteiger partial charge is 0.370 e. The van der Waals surface area contributed by atoms with Gasteiger partial charge in [0.2, 0.25) is 11.5 Å². The summed E-state index contributed by atoms with van der Waals surface area (Å²) in [7, 11) is 0. The summed E-state index contributed by atoms with van der Waals surface area (Å²) in [5, 5.41) is 11.0. The maximum absolute atomic E-state index is 12.0. The molecule has 1 unspecified atom stereocenters. The number of rotatable bonds is 1. The first kappa shape index (κ1) is 12.8. The molecule has 0 aromatic heterocycles. The van der Waals surface area contributed by atoms with E-state index in [4.69, 9.17) is 5.11 Å². The van der Waals surface area contributed by atoms with Gasteiger partial charge in [0, 0.05) is 6.92 Å². The summed E-state index contributed by atoms with van der Waals surface area (Å²) >= 11 is 0. The summed E-state index contributed by atoms with van der Waals surface area (Å²) in [6.45, 7) is 1.54. The van der Waals surface area contributed by atoms with Gasteiger partial charge in [0.15, 0.2) is 0 Å². The molecule has 0 spiro atoms. The number of alkyl halides is 3. The van der Waals surface area contributed by atoms with E-state index in [0.717, 1.165) is 0 Å². The van der Waals surface area contributed by atoms with E-state index in [1.54, 1.807) is 5.92 Å². The highest BCUT2D eigenvalue weighted by Crippen LogP contribution is 2.28. The van der Waals surface area contributed by atoms with Crippen molar-refractivity contribution in [1.29, 1.82) is 0 Å². The van der Waals surface area contributed by atoms with E-state index in [1.165, 1.54) is 6.92 Å². The Morgan fingerprint density at radius 3 is 2.36 bits per heavy atom. The molecule has 0 heterocycles. The van der Waals surface area contributed by atoms with Crippen LogP contribution in [0.4, 0.5) is 13.2 Å². The lowest BCUT2D eigenvalue weighted by Gasteiger charge is -2.19. The van der Waals surface area contributed by atoms with Crippen LogP contribution in [0.3, 0.4) is 0 Å². The van der Waals surface area contributed by atoms with Gasteiger partial charge in [-0.3, -0.25) is 4.79 Å². The van der Waals surface area contributed by atoms with Crippen molar-refractivity contribution in [1.82, 2.24) is 5.32 Å². The number of hydrogen-bond donors (Lipinski definition) is 2. The number of hydrogen-bond acceptors (Lipinski definition) is 2. The lowest BCUT2D eigenvalue weighted by Crippen LogP contribution is -2.40. The molecule has 0 rings (SSSR count). The Hall–Kier alpha value is -1.22. The van der Waals surface area contributed by atoms with Crippen molar-refractivity contribution >= 4 is 5.91 Å². The zero-order valence-corrected chi connectivity index (χ0v) is 7.70. The molecule has 0 radical (unpaired) electrons. The number of carbonyl (C=O) groups is 1. The predicted octanol–water partition coefficient (Wildman–Crippen LogP) is 0.439. The SMILES string of the molecule is CC(=O)NCC#CC(C)(O)C(F)(F)F. The molecule has 0 aliphatic rings. The number of nitrogens with one attached hydrogen (secondary N) is 1. The molecular weight excluding hydrogens is 199 g/mol. The number of carbonyl (C=O) groups excluding carboxylic acids is 1. The Balaban J connectivity index is 4.28. The predicted molar refractivity (Wildman–Crippen MR) is 43.1 cm³/mol. The summed E-state index contributed by atoms with van der Waals surface area (Å²) in [5.41, 5.74) is -3.04. The van der Waals surface area contributed by atoms with Crippen LogP contribution >= 0.6 is 0 Å². The third-order valence-electron chi connectivity index (χ3n) is 1.31. The number of aliphatic hydroxyl groups is 1. The van der Waals surface area contributed by atoms with Gasteiger partial charge in [-0.25, -0.2) is 0 Å². The maximum atomic E-state index is 12.0. The van der Waals surface area contributed by atoms with Gasteiger partial charge in [-0.2, -0.15) is 13.2 Å². The second-order valence-corrected chi connectivity index (χ2v) is 2.78. The Labute approximate surface area is 79.3 Å². The van der Waals surface area contributed by atoms with Gasteiger partial charge in [0.25, 0.3) is 0 Å². The molecule has 0 aliphatic carbocycles. The quantitative estimate of drug-likeness (QED) is 0.615. The van der Waals surface area contributed by atoms with Gasteiger partial charge in [-0.15, -0.1) is 0 Å². The van der Waals surface area contributed by atoms with Crippen LogP contribution in [0.1, 0.15) is 13.8 Å². The largest absolute Gasteiger partial charge is 0.428 e. The molecule has 0 aromatic rings. The van der Waals surface area contributed by atoms with Crippen LogP contribution in [0.5, 0.6) is 0 Å². The monoisotopic (exact) mass is 209 g/mol. The Morgan fingerprint density at radius 2 is 2.00 bits per heavy atom. The molecule has 80 valence electrons. The van der Waals surface area contributed by atoms with Gasteiger partial charge in [-0.05, 0) is 6.92 Å². The minimum atomic E-state index is -4.80. The van der Waals surface area contributed by atoms with Crippen LogP contribution in [-0.2, 0) is 4.79 Å². The summed E-state index contributed by atoms with van der Waals surface area (Å²) in [6.07, 6.45) is -4.80. The molecule has 0 saturated carbocycles. The van der Waals surface area contributed by atoms with Crippen LogP contribution in [-0.4, -0.2) is 29.3 Å². The minimum absolute atomic E-state index is 0.221. The molecule has 0 aromatic carbocycles. The lowest BCUT2D eigenvalue weighted by molar-refractivity contribution is -0.228. The topological polar surface area (TPSA) is 49.3 Å². The third kappa shape index (κ3) is 4.14. The average Bonchev–Trinajstić information content (AvgIpc) is 1.95. The summed E-state index contributed by atoms with van der Waals surface area (Å²) in [5.74, 6) is 3.23. The highest BCUT2D eigenvalue weighted by atomic mass is 19.4. The fourth-order valence-electron chi connectivity index (χ4n) is 0.456. The van der Waals surface area contributed by atoms with Crippen LogP contribution in [0, 0.1) is 11.8 Å². The van der Waals surface area contributed by atoms with E-state index >= 15 is 0 Å². The second kappa shape index (κ2) is 4.33. The van der Waals surface area contributed by atoms with E-state index < -0.39 is 17.7 Å². The first-order chi connectivity index (χ1) is 6.17. The van der Waals surface area contributed by atoms with E-state index in [1.807, 2.05) is 5.92 Å². The van der Waals surface area contributed by atoms with Gasteiger partial charge in [0.1, 0.15) is 0 Å². The standard InChI is InChI=1S/C8H10F3NO2/c1-6(13)12-5-3-4-7(2,14)8(9,10)11/h14H,5H2,1-2H3,(H,12,13). The molecule has 1 amide bonds. The minimum Gasteiger partial charge on any atom is -0.370 e. The van der Waals surface area contributed by atoms with Gasteiger partial charge < -0.3 is 10.4 Å². The fourth-order valence-corrected chi connectivity index (χ4v) is 0.456. The molecular formula is C8H10F3NO2. The van der Waals surface area contributed by atoms with Crippen LogP contribution < -0.4 is 5.32 Å². The van der Waals surface area contributed by atoms with E-state index in [2.05, 4.69) is 5.32 Å². The van der Waals surface area contributed by atoms with E-state index in [0.29, 0.717) is 6.92 Å². The first-order valence-electron chi connectivity index (χ1n) is 3.70. The number of amides is 1. The first-order valence-corrected chi connectivity index (χ1v) is 3.70. The Morgan fingerprint density at radius 1 is 1.50 bits per heavy atom. The number of halogens is 3. The lowest BCUT2D eigenvalue weighted by atomic mass is 10.1. The average molecular weight is 209 g/mol. The highest BCUT2D eigenvalue weighted by Gasteiger charge is 2.48. The summed E-state index contributed by atoms with van der Waals surface area (Å²) in [6, 6.07) is 0. The normalized spacial score (nSPS) is 15.0. The van der Waals surface area contributed by atoms with Crippen LogP contribution in [0.15, 0.2) is 0 Å². The summed E-state index contributed by atoms with van der Waals surface area (Å²) < 4.78 is 35.9. The third-order valence-corrected chi connectivity index (χ3v) is 1.31. The van der Waals surface area contributed by atoms with Gasteiger partial charge in [-0.1, -0.05) is 11.8 Å². The van der Waals surface area contributed by atoms with Crippen molar-refractivity contribution in [3.8, 4) is 11.8 Å².